The van der Waals surface area contributed by atoms with Gasteiger partial charge in [-0.25, -0.2) is 0 Å². The quantitative estimate of drug-likeness (QED) is 0.104. The van der Waals surface area contributed by atoms with Gasteiger partial charge in [-0.15, -0.1) is 0 Å². The van der Waals surface area contributed by atoms with E-state index < -0.39 is 10.8 Å². The van der Waals surface area contributed by atoms with Crippen molar-refractivity contribution in [3.8, 4) is 56.8 Å². The second-order valence-corrected chi connectivity index (χ2v) is 19.4. The topological polar surface area (TPSA) is 69.2 Å². The number of aromatic hydroxyl groups is 1. The van der Waals surface area contributed by atoms with E-state index in [2.05, 4.69) is 164 Å². The molecule has 0 aromatic heterocycles. The number of phenolic OH excluding ortho intramolecular Hbond substituents is 1. The number of hydrogen-bond donors (Lipinski definition) is 2. The van der Waals surface area contributed by atoms with Crippen LogP contribution in [0.5, 0.6) is 34.5 Å². The summed E-state index contributed by atoms with van der Waals surface area (Å²) < 4.78 is 25.8. The van der Waals surface area contributed by atoms with Crippen LogP contribution in [0.3, 0.4) is 0 Å². The summed E-state index contributed by atoms with van der Waals surface area (Å²) in [5, 5.41) is 17.7. The third-order valence-corrected chi connectivity index (χ3v) is 15.7. The summed E-state index contributed by atoms with van der Waals surface area (Å²) >= 11 is 2.33. The molecule has 0 bridgehead atoms. The first kappa shape index (κ1) is 41.6. The summed E-state index contributed by atoms with van der Waals surface area (Å²) in [6.45, 7) is 2.07. The SMILES string of the molecule is CNC(C)SOc1ccc2c3c(ccc2c1)C1(c2ccccc2-c2ccccc21)c1ccc2cc(OSOc4ccc(C5(c6ccc(O)cc6)c6ccccc6-c6ccccc65)cc4)ccc2c1O3. The Morgan fingerprint density at radius 1 is 0.449 bits per heavy atom. The molecule has 2 N–H and O–H groups in total. The first-order valence-corrected chi connectivity index (χ1v) is 24.6. The molecule has 8 heteroatoms. The van der Waals surface area contributed by atoms with E-state index in [1.165, 1.54) is 56.6 Å². The molecule has 0 amide bonds. The van der Waals surface area contributed by atoms with E-state index in [4.69, 9.17) is 17.3 Å². The zero-order valence-corrected chi connectivity index (χ0v) is 39.2. The van der Waals surface area contributed by atoms with Crippen LogP contribution in [-0.4, -0.2) is 17.5 Å². The van der Waals surface area contributed by atoms with Crippen LogP contribution in [-0.2, 0) is 10.8 Å². The summed E-state index contributed by atoms with van der Waals surface area (Å²) in [6, 6.07) is 71.9. The zero-order valence-electron chi connectivity index (χ0n) is 37.6. The van der Waals surface area contributed by atoms with Gasteiger partial charge < -0.3 is 27.7 Å². The van der Waals surface area contributed by atoms with Crippen molar-refractivity contribution in [2.75, 3.05) is 7.05 Å². The van der Waals surface area contributed by atoms with Crippen LogP contribution in [0.25, 0.3) is 43.8 Å². The van der Waals surface area contributed by atoms with Crippen LogP contribution in [0.1, 0.15) is 51.4 Å². The maximum Gasteiger partial charge on any atom is 0.293 e. The molecule has 10 aromatic carbocycles. The summed E-state index contributed by atoms with van der Waals surface area (Å²) in [4.78, 5) is 0. The lowest BCUT2D eigenvalue weighted by Gasteiger charge is -2.40. The first-order valence-electron chi connectivity index (χ1n) is 23.1. The maximum atomic E-state index is 10.3. The molecule has 69 heavy (non-hydrogen) atoms. The number of rotatable bonds is 10. The fourth-order valence-corrected chi connectivity index (χ4v) is 12.2. The van der Waals surface area contributed by atoms with E-state index in [0.29, 0.717) is 11.5 Å². The van der Waals surface area contributed by atoms with Crippen LogP contribution >= 0.6 is 24.4 Å². The number of nitrogens with one attached hydrogen (secondary N) is 1. The average Bonchev–Trinajstić information content (AvgIpc) is 3.86. The molecule has 0 radical (unpaired) electrons. The molecule has 10 aromatic rings. The van der Waals surface area contributed by atoms with Crippen molar-refractivity contribution in [1.82, 2.24) is 5.32 Å². The van der Waals surface area contributed by atoms with Crippen LogP contribution < -0.4 is 22.6 Å². The van der Waals surface area contributed by atoms with Crippen molar-refractivity contribution in [3.63, 3.8) is 0 Å². The van der Waals surface area contributed by atoms with Gasteiger partial charge in [0.05, 0.1) is 28.2 Å². The fraction of sp³-hybridized carbons (Fsp3) is 0.0820. The molecule has 2 aliphatic carbocycles. The van der Waals surface area contributed by atoms with Gasteiger partial charge >= 0.3 is 0 Å². The van der Waals surface area contributed by atoms with E-state index in [1.54, 1.807) is 12.1 Å². The van der Waals surface area contributed by atoms with Gasteiger partial charge in [0, 0.05) is 21.9 Å². The van der Waals surface area contributed by atoms with Gasteiger partial charge in [0.1, 0.15) is 34.5 Å². The number of fused-ring (bicyclic) bond motifs is 16. The smallest absolute Gasteiger partial charge is 0.293 e. The second-order valence-electron chi connectivity index (χ2n) is 17.9. The zero-order chi connectivity index (χ0) is 46.3. The lowest BCUT2D eigenvalue weighted by Crippen LogP contribution is -2.32. The number of hydrogen-bond acceptors (Lipinski definition) is 8. The molecule has 0 fully saturated rings. The third-order valence-electron chi connectivity index (χ3n) is 14.3. The monoisotopic (exact) mass is 933 g/mol. The van der Waals surface area contributed by atoms with Crippen LogP contribution in [0, 0.1) is 0 Å². The largest absolute Gasteiger partial charge is 0.508 e. The van der Waals surface area contributed by atoms with Crippen LogP contribution in [0.2, 0.25) is 0 Å². The molecule has 13 rings (SSSR count). The minimum absolute atomic E-state index is 0.141. The van der Waals surface area contributed by atoms with E-state index in [1.807, 2.05) is 49.5 Å². The van der Waals surface area contributed by atoms with Crippen molar-refractivity contribution >= 4 is 45.9 Å². The Morgan fingerprint density at radius 3 is 1.36 bits per heavy atom. The highest BCUT2D eigenvalue weighted by Gasteiger charge is 2.52. The molecule has 1 spiro atoms. The van der Waals surface area contributed by atoms with E-state index in [9.17, 15) is 5.11 Å². The van der Waals surface area contributed by atoms with Gasteiger partial charge in [-0.2, -0.15) is 0 Å². The summed E-state index contributed by atoms with van der Waals surface area (Å²) in [5.74, 6) is 4.00. The van der Waals surface area contributed by atoms with Gasteiger partial charge in [-0.1, -0.05) is 146 Å². The number of benzene rings is 10. The van der Waals surface area contributed by atoms with Gasteiger partial charge in [-0.05, 0) is 141 Å². The highest BCUT2D eigenvalue weighted by molar-refractivity contribution is 7.95. The average molecular weight is 934 g/mol. The molecule has 1 atom stereocenters. The first-order chi connectivity index (χ1) is 34.0. The van der Waals surface area contributed by atoms with Crippen LogP contribution in [0.15, 0.2) is 206 Å². The molecule has 334 valence electrons. The third kappa shape index (κ3) is 6.26. The molecule has 0 saturated carbocycles. The van der Waals surface area contributed by atoms with Gasteiger partial charge in [0.2, 0.25) is 0 Å². The minimum atomic E-state index is -0.617. The van der Waals surface area contributed by atoms with Gasteiger partial charge in [-0.3, -0.25) is 0 Å². The second kappa shape index (κ2) is 16.3. The number of ether oxygens (including phenoxy) is 1. The predicted molar refractivity (Wildman–Crippen MR) is 280 cm³/mol. The summed E-state index contributed by atoms with van der Waals surface area (Å²) in [6.07, 6.45) is 0. The van der Waals surface area contributed by atoms with Crippen molar-refractivity contribution in [2.45, 2.75) is 23.1 Å². The molecule has 3 aliphatic rings. The molecule has 1 heterocycles. The van der Waals surface area contributed by atoms with Crippen LogP contribution in [0.4, 0.5) is 0 Å². The van der Waals surface area contributed by atoms with E-state index in [-0.39, 0.29) is 11.1 Å². The molecule has 1 aliphatic heterocycles. The molecule has 1 unspecified atom stereocenters. The molecular weight excluding hydrogens is 891 g/mol. The Kier molecular flexibility index (Phi) is 9.80. The Balaban J connectivity index is 0.836. The van der Waals surface area contributed by atoms with Gasteiger partial charge in [0.15, 0.2) is 0 Å². The predicted octanol–water partition coefficient (Wildman–Crippen LogP) is 15.1. The Morgan fingerprint density at radius 2 is 0.870 bits per heavy atom. The maximum absolute atomic E-state index is 10.3. The van der Waals surface area contributed by atoms with Crippen molar-refractivity contribution in [3.05, 3.63) is 251 Å². The molecular formula is C61H43NO5S2. The Labute approximate surface area is 409 Å². The highest BCUT2D eigenvalue weighted by atomic mass is 32.2. The lowest BCUT2D eigenvalue weighted by molar-refractivity contribution is 0.447. The Bertz CT molecular complexity index is 3580. The fourth-order valence-electron chi connectivity index (χ4n) is 11.3. The number of phenols is 1. The molecule has 0 saturated heterocycles. The summed E-state index contributed by atoms with van der Waals surface area (Å²) in [5.41, 5.74) is 12.9. The highest BCUT2D eigenvalue weighted by Crippen LogP contribution is 2.64. The van der Waals surface area contributed by atoms with Crippen molar-refractivity contribution in [2.24, 2.45) is 0 Å². The lowest BCUT2D eigenvalue weighted by atomic mass is 9.65. The van der Waals surface area contributed by atoms with E-state index >= 15 is 0 Å². The van der Waals surface area contributed by atoms with Crippen molar-refractivity contribution in [1.29, 1.82) is 0 Å². The molecule has 6 nitrogen and oxygen atoms in total. The minimum Gasteiger partial charge on any atom is -0.508 e. The Hall–Kier alpha value is -7.62. The van der Waals surface area contributed by atoms with E-state index in [0.717, 1.165) is 73.4 Å². The normalized spacial score (nSPS) is 14.5. The van der Waals surface area contributed by atoms with Crippen molar-refractivity contribution < 1.29 is 22.4 Å². The standard InChI is InChI=1S/C61H43NO5S2/c1-37(62-2)68-65-44-29-31-46-38(35-44)19-33-56-58(46)64-59-47-32-30-45(36-39(47)20-34-57(59)61(56)54-17-9-5-13-50(54)51-14-6-10-18-55(51)61)67-69-66-43-27-23-41(24-28-43)60(40-21-25-42(63)26-22-40)52-15-7-3-11-48(52)49-12-4-8-16-53(49)60/h3-37,62-63H,1-2H3. The van der Waals surface area contributed by atoms with Gasteiger partial charge in [0.25, 0.3) is 12.3 Å². The summed E-state index contributed by atoms with van der Waals surface area (Å²) in [7, 11) is 1.93.